The molecule has 0 bridgehead atoms. The van der Waals surface area contributed by atoms with Crippen LogP contribution in [0.15, 0.2) is 35.5 Å². The summed E-state index contributed by atoms with van der Waals surface area (Å²) in [6, 6.07) is 2.57. The van der Waals surface area contributed by atoms with Crippen LogP contribution in [-0.4, -0.2) is 63.3 Å². The van der Waals surface area contributed by atoms with Crippen molar-refractivity contribution >= 4 is 18.2 Å². The van der Waals surface area contributed by atoms with Gasteiger partial charge in [0.1, 0.15) is 12.0 Å². The number of hydrogen-bond acceptors (Lipinski definition) is 9. The van der Waals surface area contributed by atoms with Crippen LogP contribution in [0.5, 0.6) is 11.5 Å². The third-order valence-corrected chi connectivity index (χ3v) is 5.26. The van der Waals surface area contributed by atoms with E-state index in [9.17, 15) is 31.5 Å². The number of nitrogens with zero attached hydrogens (tertiary/aromatic N) is 4. The van der Waals surface area contributed by atoms with E-state index >= 15 is 0 Å². The number of nitrogen functional groups attached to an aromatic ring is 1. The second-order valence-electron chi connectivity index (χ2n) is 8.32. The molecule has 1 unspecified atom stereocenters. The molecule has 3 rings (SSSR count). The number of aromatic hydroxyl groups is 1. The molecule has 0 saturated carbocycles. The Labute approximate surface area is 225 Å². The zero-order chi connectivity index (χ0) is 30.0. The Morgan fingerprint density at radius 2 is 1.95 bits per heavy atom. The molecule has 3 aromatic rings. The molecule has 0 spiro atoms. The number of carbonyl (C=O) groups excluding carboxylic acids is 1. The van der Waals surface area contributed by atoms with Crippen LogP contribution >= 0.6 is 0 Å². The van der Waals surface area contributed by atoms with Gasteiger partial charge in [0.05, 0.1) is 25.1 Å². The molecular formula is C25H27F5N6O4. The molecule has 0 radical (unpaired) electrons. The number of ether oxygens (including phenoxy) is 1. The average molecular weight is 571 g/mol. The molecule has 2 heterocycles. The van der Waals surface area contributed by atoms with Crippen molar-refractivity contribution in [3.8, 4) is 22.9 Å². The summed E-state index contributed by atoms with van der Waals surface area (Å²) in [6.45, 7) is 2.15. The third-order valence-electron chi connectivity index (χ3n) is 5.26. The first-order chi connectivity index (χ1) is 18.8. The fourth-order valence-electron chi connectivity index (χ4n) is 3.34. The highest BCUT2D eigenvalue weighted by atomic mass is 19.4. The van der Waals surface area contributed by atoms with Crippen LogP contribution in [0, 0.1) is 5.82 Å². The van der Waals surface area contributed by atoms with E-state index in [-0.39, 0.29) is 35.1 Å². The molecule has 0 aliphatic carbocycles. The second-order valence-corrected chi connectivity index (χ2v) is 8.32. The summed E-state index contributed by atoms with van der Waals surface area (Å²) >= 11 is 0. The summed E-state index contributed by atoms with van der Waals surface area (Å²) in [5.74, 6) is -1.39. The molecule has 10 nitrogen and oxygen atoms in total. The Balaban J connectivity index is 0.000000389. The molecule has 0 aliphatic heterocycles. The Kier molecular flexibility index (Phi) is 11.1. The van der Waals surface area contributed by atoms with E-state index in [0.717, 1.165) is 12.5 Å². The number of rotatable bonds is 9. The van der Waals surface area contributed by atoms with Gasteiger partial charge in [0.2, 0.25) is 0 Å². The van der Waals surface area contributed by atoms with Crippen molar-refractivity contribution in [1.29, 1.82) is 0 Å². The first-order valence-electron chi connectivity index (χ1n) is 11.6. The maximum absolute atomic E-state index is 14.5. The van der Waals surface area contributed by atoms with E-state index in [0.29, 0.717) is 24.5 Å². The first-order valence-corrected chi connectivity index (χ1v) is 11.6. The van der Waals surface area contributed by atoms with Crippen LogP contribution in [-0.2, 0) is 6.18 Å². The summed E-state index contributed by atoms with van der Waals surface area (Å²) in [7, 11) is 3.16. The van der Waals surface area contributed by atoms with Gasteiger partial charge in [0.15, 0.2) is 35.0 Å². The van der Waals surface area contributed by atoms with E-state index in [4.69, 9.17) is 15.6 Å². The van der Waals surface area contributed by atoms with Crippen LogP contribution in [0.1, 0.15) is 41.3 Å². The van der Waals surface area contributed by atoms with Gasteiger partial charge in [-0.05, 0) is 36.4 Å². The lowest BCUT2D eigenvalue weighted by Crippen LogP contribution is -2.22. The number of nitrogens with two attached hydrogens (primary N) is 1. The predicted octanol–water partition coefficient (Wildman–Crippen LogP) is 4.22. The zero-order valence-corrected chi connectivity index (χ0v) is 21.7. The van der Waals surface area contributed by atoms with Crippen molar-refractivity contribution in [1.82, 2.24) is 25.1 Å². The topological polar surface area (TPSA) is 147 Å². The van der Waals surface area contributed by atoms with Crippen molar-refractivity contribution in [2.75, 3.05) is 26.4 Å². The Morgan fingerprint density at radius 1 is 1.25 bits per heavy atom. The highest BCUT2D eigenvalue weighted by Crippen LogP contribution is 2.31. The number of aromatic amines is 1. The number of aldehydes is 1. The highest BCUT2D eigenvalue weighted by Gasteiger charge is 2.37. The fraction of sp³-hybridized carbons (Fsp3) is 0.320. The molecule has 216 valence electrons. The van der Waals surface area contributed by atoms with Crippen molar-refractivity contribution in [2.45, 2.75) is 32.1 Å². The molecule has 0 fully saturated rings. The number of carbonyl (C=O) groups is 1. The highest BCUT2D eigenvalue weighted by molar-refractivity contribution is 5.84. The molecule has 40 heavy (non-hydrogen) atoms. The molecule has 0 aliphatic rings. The van der Waals surface area contributed by atoms with Crippen molar-refractivity contribution < 1.29 is 36.6 Å². The summed E-state index contributed by atoms with van der Waals surface area (Å²) in [5.41, 5.74) is 3.41. The zero-order valence-electron chi connectivity index (χ0n) is 21.7. The van der Waals surface area contributed by atoms with Crippen molar-refractivity contribution in [3.63, 3.8) is 0 Å². The van der Waals surface area contributed by atoms with Crippen molar-refractivity contribution in [2.24, 2.45) is 0 Å². The Morgan fingerprint density at radius 3 is 2.48 bits per heavy atom. The number of hydrogen-bond donors (Lipinski definition) is 3. The summed E-state index contributed by atoms with van der Waals surface area (Å²) in [5, 5.41) is 13.2. The van der Waals surface area contributed by atoms with Gasteiger partial charge in [-0.2, -0.15) is 18.3 Å². The van der Waals surface area contributed by atoms with Gasteiger partial charge in [-0.3, -0.25) is 9.59 Å². The molecule has 2 aromatic heterocycles. The third kappa shape index (κ3) is 8.47. The first kappa shape index (κ1) is 31.7. The number of benzene rings is 1. The SMILES string of the molecule is CCCC(F)CN(C)/C=C\c1cc(-c2ncc(OC)c(N)n2)c(F)cc1C=O.O=c1[nH]ncc(O)c1C(F)(F)F. The van der Waals surface area contributed by atoms with Crippen LogP contribution < -0.4 is 16.0 Å². The van der Waals surface area contributed by atoms with Gasteiger partial charge in [-0.25, -0.2) is 23.8 Å². The predicted molar refractivity (Wildman–Crippen MR) is 137 cm³/mol. The maximum atomic E-state index is 14.5. The van der Waals surface area contributed by atoms with Crippen LogP contribution in [0.3, 0.4) is 0 Å². The fourth-order valence-corrected chi connectivity index (χ4v) is 3.34. The summed E-state index contributed by atoms with van der Waals surface area (Å²) < 4.78 is 68.9. The quantitative estimate of drug-likeness (QED) is 0.254. The average Bonchev–Trinajstić information content (AvgIpc) is 2.87. The number of anilines is 1. The number of H-pyrrole nitrogens is 1. The normalized spacial score (nSPS) is 12.0. The molecule has 1 aromatic carbocycles. The van der Waals surface area contributed by atoms with Crippen molar-refractivity contribution in [3.05, 3.63) is 63.6 Å². The van der Waals surface area contributed by atoms with E-state index < -0.39 is 35.0 Å². The van der Waals surface area contributed by atoms with Gasteiger partial charge in [-0.15, -0.1) is 0 Å². The standard InChI is InChI=1S/C20H24F2N4O2.C5H3F3N2O2/c1-4-5-15(21)11-26(2)7-6-13-8-16(17(22)9-14(13)12-27)20-24-10-18(28-3)19(23)25-20;6-5(7,8)3-2(11)1-9-10-4(3)12/h6-10,12,15H,4-5,11H2,1-3H3,(H2,23,24,25);1H,(H2,10,11,12)/b7-6-;. The molecular weight excluding hydrogens is 543 g/mol. The van der Waals surface area contributed by atoms with E-state index in [2.05, 4.69) is 15.1 Å². The number of nitrogens with one attached hydrogen (secondary N) is 1. The van der Waals surface area contributed by atoms with Crippen LogP contribution in [0.2, 0.25) is 0 Å². The van der Waals surface area contributed by atoms with E-state index in [1.807, 2.05) is 6.92 Å². The number of halogens is 5. The lowest BCUT2D eigenvalue weighted by molar-refractivity contribution is -0.140. The summed E-state index contributed by atoms with van der Waals surface area (Å²) in [4.78, 5) is 31.6. The van der Waals surface area contributed by atoms with Crippen LogP contribution in [0.4, 0.5) is 27.8 Å². The van der Waals surface area contributed by atoms with Gasteiger partial charge in [0, 0.05) is 19.2 Å². The summed E-state index contributed by atoms with van der Waals surface area (Å²) in [6.07, 6.45) is 1.14. The minimum atomic E-state index is -4.86. The van der Waals surface area contributed by atoms with Gasteiger partial charge in [0.25, 0.3) is 5.56 Å². The largest absolute Gasteiger partial charge is 0.505 e. The Hall–Kier alpha value is -4.56. The Bertz CT molecular complexity index is 1400. The molecule has 1 atom stereocenters. The molecule has 0 amide bonds. The monoisotopic (exact) mass is 570 g/mol. The lowest BCUT2D eigenvalue weighted by Gasteiger charge is -2.17. The molecule has 0 saturated heterocycles. The minimum Gasteiger partial charge on any atom is -0.505 e. The number of methoxy groups -OCH3 is 1. The van der Waals surface area contributed by atoms with E-state index in [1.54, 1.807) is 29.3 Å². The number of alkyl halides is 4. The lowest BCUT2D eigenvalue weighted by atomic mass is 10.0. The van der Waals surface area contributed by atoms with Gasteiger partial charge < -0.3 is 20.5 Å². The van der Waals surface area contributed by atoms with Gasteiger partial charge >= 0.3 is 6.18 Å². The maximum Gasteiger partial charge on any atom is 0.425 e. The minimum absolute atomic E-state index is 0.0722. The molecule has 15 heteroatoms. The van der Waals surface area contributed by atoms with E-state index in [1.165, 1.54) is 19.4 Å². The van der Waals surface area contributed by atoms with Crippen LogP contribution in [0.25, 0.3) is 17.5 Å². The second kappa shape index (κ2) is 14.0. The smallest absolute Gasteiger partial charge is 0.425 e. The molecule has 4 N–H and O–H groups in total. The van der Waals surface area contributed by atoms with Gasteiger partial charge in [-0.1, -0.05) is 13.3 Å². The number of aromatic nitrogens is 4.